The molecule has 0 bridgehead atoms. The van der Waals surface area contributed by atoms with Crippen LogP contribution in [0, 0.1) is 0 Å². The molecule has 2 aliphatic rings. The van der Waals surface area contributed by atoms with Crippen molar-refractivity contribution in [1.82, 2.24) is 0 Å². The van der Waals surface area contributed by atoms with Crippen molar-refractivity contribution in [3.05, 3.63) is 0 Å². The Morgan fingerprint density at radius 1 is 0.500 bits per heavy atom. The molecule has 2 fully saturated rings. The standard InChI is InChI=1S/C42H80O12/c1-3-5-7-9-11-13-15-16-17-18-19-20-22-24-26-28-34(44)51-31-33-35(45)36(46)38(48)42(53-33)54-40-32(30-43)52-41(39(49)37(40)47)50-29-27-25-23-21-14-12-10-8-6-4-2/h32-33,35-43,45-49H,3-31H2,1-2H3/t32-,33-,35-,36+,37-,38-,39-,40-,41-,42-/m1/s1. The van der Waals surface area contributed by atoms with E-state index in [1.54, 1.807) is 0 Å². The van der Waals surface area contributed by atoms with Crippen molar-refractivity contribution in [3.63, 3.8) is 0 Å². The molecule has 6 N–H and O–H groups in total. The van der Waals surface area contributed by atoms with Crippen LogP contribution >= 0.6 is 0 Å². The van der Waals surface area contributed by atoms with E-state index in [-0.39, 0.29) is 13.0 Å². The highest BCUT2D eigenvalue weighted by atomic mass is 16.7. The third-order valence-electron chi connectivity index (χ3n) is 11.0. The second-order valence-electron chi connectivity index (χ2n) is 15.8. The average Bonchev–Trinajstić information content (AvgIpc) is 3.17. The van der Waals surface area contributed by atoms with Crippen LogP contribution in [0.5, 0.6) is 0 Å². The summed E-state index contributed by atoms with van der Waals surface area (Å²) in [7, 11) is 0. The van der Waals surface area contributed by atoms with Gasteiger partial charge in [0.15, 0.2) is 12.6 Å². The van der Waals surface area contributed by atoms with Crippen LogP contribution in [0.15, 0.2) is 0 Å². The Labute approximate surface area is 326 Å². The maximum absolute atomic E-state index is 12.4. The Kier molecular flexibility index (Phi) is 28.4. The minimum absolute atomic E-state index is 0.219. The molecule has 0 saturated carbocycles. The van der Waals surface area contributed by atoms with Gasteiger partial charge in [0.25, 0.3) is 0 Å². The van der Waals surface area contributed by atoms with Gasteiger partial charge < -0.3 is 54.3 Å². The lowest BCUT2D eigenvalue weighted by atomic mass is 9.97. The number of hydrogen-bond donors (Lipinski definition) is 6. The van der Waals surface area contributed by atoms with Crippen LogP contribution in [-0.2, 0) is 28.5 Å². The fourth-order valence-electron chi connectivity index (χ4n) is 7.36. The monoisotopic (exact) mass is 777 g/mol. The number of aliphatic hydroxyl groups is 6. The van der Waals surface area contributed by atoms with Gasteiger partial charge in [-0.3, -0.25) is 4.79 Å². The van der Waals surface area contributed by atoms with Gasteiger partial charge in [-0.25, -0.2) is 0 Å². The number of ether oxygens (including phenoxy) is 5. The molecule has 12 heteroatoms. The van der Waals surface area contributed by atoms with E-state index in [9.17, 15) is 35.4 Å². The Morgan fingerprint density at radius 3 is 1.41 bits per heavy atom. The maximum Gasteiger partial charge on any atom is 0.305 e. The molecule has 0 amide bonds. The SMILES string of the molecule is CCCCCCCCCCCCCCCCCC(=O)OC[C@H]1O[C@H](O[C@H]2[C@H](O)[C@@H](O)[C@H](OCCCCCCCCCCCC)O[C@@H]2CO)[C@H](O)[C@@H](O)[C@@H]1O. The van der Waals surface area contributed by atoms with E-state index in [0.717, 1.165) is 38.5 Å². The van der Waals surface area contributed by atoms with Gasteiger partial charge in [0.1, 0.15) is 55.4 Å². The molecule has 2 rings (SSSR count). The number of esters is 1. The van der Waals surface area contributed by atoms with E-state index < -0.39 is 74.0 Å². The summed E-state index contributed by atoms with van der Waals surface area (Å²) in [5, 5.41) is 63.4. The maximum atomic E-state index is 12.4. The second-order valence-corrected chi connectivity index (χ2v) is 15.8. The van der Waals surface area contributed by atoms with Crippen molar-refractivity contribution in [2.75, 3.05) is 19.8 Å². The summed E-state index contributed by atoms with van der Waals surface area (Å²) in [6.45, 7) is 3.79. The molecular formula is C42H80O12. The van der Waals surface area contributed by atoms with Crippen molar-refractivity contribution >= 4 is 5.97 Å². The largest absolute Gasteiger partial charge is 0.463 e. The first-order valence-corrected chi connectivity index (χ1v) is 22.0. The lowest BCUT2D eigenvalue weighted by molar-refractivity contribution is -0.359. The highest BCUT2D eigenvalue weighted by Crippen LogP contribution is 2.30. The number of carbonyl (C=O) groups is 1. The second kappa shape index (κ2) is 31.1. The summed E-state index contributed by atoms with van der Waals surface area (Å²) in [6, 6.07) is 0. The summed E-state index contributed by atoms with van der Waals surface area (Å²) in [6.07, 6.45) is 15.6. The summed E-state index contributed by atoms with van der Waals surface area (Å²) < 4.78 is 28.2. The predicted molar refractivity (Wildman–Crippen MR) is 208 cm³/mol. The van der Waals surface area contributed by atoms with Crippen LogP contribution in [0.1, 0.15) is 181 Å². The van der Waals surface area contributed by atoms with E-state index in [1.807, 2.05) is 0 Å². The molecule has 12 nitrogen and oxygen atoms in total. The minimum Gasteiger partial charge on any atom is -0.463 e. The van der Waals surface area contributed by atoms with E-state index in [2.05, 4.69) is 13.8 Å². The smallest absolute Gasteiger partial charge is 0.305 e. The summed E-state index contributed by atoms with van der Waals surface area (Å²) in [5.41, 5.74) is 0. The van der Waals surface area contributed by atoms with Gasteiger partial charge in [-0.2, -0.15) is 0 Å². The van der Waals surface area contributed by atoms with Crippen molar-refractivity contribution in [1.29, 1.82) is 0 Å². The molecule has 0 aromatic rings. The third kappa shape index (κ3) is 20.0. The third-order valence-corrected chi connectivity index (χ3v) is 11.0. The van der Waals surface area contributed by atoms with E-state index in [0.29, 0.717) is 13.0 Å². The van der Waals surface area contributed by atoms with Gasteiger partial charge in [-0.05, 0) is 12.8 Å². The number of carbonyl (C=O) groups excluding carboxylic acids is 1. The molecule has 0 aromatic carbocycles. The minimum atomic E-state index is -1.73. The van der Waals surface area contributed by atoms with E-state index in [4.69, 9.17) is 23.7 Å². The lowest BCUT2D eigenvalue weighted by Gasteiger charge is -2.46. The Bertz CT molecular complexity index is 893. The first kappa shape index (κ1) is 49.2. The predicted octanol–water partition coefficient (Wildman–Crippen LogP) is 6.36. The summed E-state index contributed by atoms with van der Waals surface area (Å²) in [5.74, 6) is -0.456. The van der Waals surface area contributed by atoms with Crippen LogP contribution in [0.3, 0.4) is 0 Å². The topological polar surface area (TPSA) is 185 Å². The fourth-order valence-corrected chi connectivity index (χ4v) is 7.36. The Balaban J connectivity index is 1.64. The Hall–Kier alpha value is -0.930. The van der Waals surface area contributed by atoms with Gasteiger partial charge in [0.05, 0.1) is 6.61 Å². The van der Waals surface area contributed by atoms with Crippen molar-refractivity contribution in [2.24, 2.45) is 0 Å². The van der Waals surface area contributed by atoms with Crippen LogP contribution in [-0.4, -0.2) is 118 Å². The van der Waals surface area contributed by atoms with Crippen LogP contribution in [0.25, 0.3) is 0 Å². The number of hydrogen-bond acceptors (Lipinski definition) is 12. The van der Waals surface area contributed by atoms with Gasteiger partial charge in [0, 0.05) is 13.0 Å². The molecule has 10 atom stereocenters. The molecule has 54 heavy (non-hydrogen) atoms. The molecule has 2 aliphatic heterocycles. The van der Waals surface area contributed by atoms with Gasteiger partial charge in [-0.15, -0.1) is 0 Å². The molecule has 2 heterocycles. The molecule has 0 unspecified atom stereocenters. The zero-order chi connectivity index (χ0) is 39.4. The molecular weight excluding hydrogens is 696 g/mol. The van der Waals surface area contributed by atoms with Crippen molar-refractivity contribution in [3.8, 4) is 0 Å². The summed E-state index contributed by atoms with van der Waals surface area (Å²) in [4.78, 5) is 12.4. The fraction of sp³-hybridized carbons (Fsp3) is 0.976. The first-order valence-electron chi connectivity index (χ1n) is 22.0. The first-order chi connectivity index (χ1) is 26.2. The van der Waals surface area contributed by atoms with Crippen LogP contribution in [0.4, 0.5) is 0 Å². The van der Waals surface area contributed by atoms with Crippen molar-refractivity contribution in [2.45, 2.75) is 242 Å². The van der Waals surface area contributed by atoms with E-state index >= 15 is 0 Å². The van der Waals surface area contributed by atoms with Crippen LogP contribution in [0.2, 0.25) is 0 Å². The zero-order valence-electron chi connectivity index (χ0n) is 33.9. The molecule has 2 saturated heterocycles. The lowest BCUT2D eigenvalue weighted by Crippen LogP contribution is -2.64. The normalized spacial score (nSPS) is 28.7. The van der Waals surface area contributed by atoms with Gasteiger partial charge in [0.2, 0.25) is 0 Å². The highest BCUT2D eigenvalue weighted by Gasteiger charge is 2.51. The number of rotatable bonds is 33. The zero-order valence-corrected chi connectivity index (χ0v) is 33.9. The van der Waals surface area contributed by atoms with E-state index in [1.165, 1.54) is 116 Å². The summed E-state index contributed by atoms with van der Waals surface area (Å²) >= 11 is 0. The quantitative estimate of drug-likeness (QED) is 0.0321. The Morgan fingerprint density at radius 2 is 0.926 bits per heavy atom. The molecule has 0 spiro atoms. The average molecular weight is 777 g/mol. The van der Waals surface area contributed by atoms with Crippen molar-refractivity contribution < 1.29 is 59.1 Å². The van der Waals surface area contributed by atoms with Gasteiger partial charge >= 0.3 is 5.97 Å². The van der Waals surface area contributed by atoms with Crippen LogP contribution < -0.4 is 0 Å². The number of aliphatic hydroxyl groups excluding tert-OH is 6. The molecule has 320 valence electrons. The molecule has 0 aliphatic carbocycles. The highest BCUT2D eigenvalue weighted by molar-refractivity contribution is 5.69. The van der Waals surface area contributed by atoms with Gasteiger partial charge in [-0.1, -0.05) is 162 Å². The molecule has 0 radical (unpaired) electrons. The number of unbranched alkanes of at least 4 members (excludes halogenated alkanes) is 23. The molecule has 0 aromatic heterocycles.